The van der Waals surface area contributed by atoms with Crippen LogP contribution in [-0.2, 0) is 9.53 Å². The second-order valence-electron chi connectivity index (χ2n) is 4.66. The first-order valence-electron chi connectivity index (χ1n) is 6.39. The molecule has 0 saturated heterocycles. The number of rotatable bonds is 6. The van der Waals surface area contributed by atoms with E-state index in [0.29, 0.717) is 25.0 Å². The summed E-state index contributed by atoms with van der Waals surface area (Å²) in [7, 11) is 2.96. The molecule has 4 nitrogen and oxygen atoms in total. The average Bonchev–Trinajstić information content (AvgIpc) is 2.40. The lowest BCUT2D eigenvalue weighted by atomic mass is 9.98. The Kier molecular flexibility index (Phi) is 5.83. The van der Waals surface area contributed by atoms with Gasteiger partial charge in [0.15, 0.2) is 0 Å². The molecule has 0 aliphatic carbocycles. The molecule has 0 aliphatic rings. The molecular weight excluding hydrogens is 244 g/mol. The second-order valence-corrected chi connectivity index (χ2v) is 4.66. The minimum absolute atomic E-state index is 0.251. The van der Waals surface area contributed by atoms with Crippen LogP contribution in [0.1, 0.15) is 42.1 Å². The van der Waals surface area contributed by atoms with Crippen molar-refractivity contribution >= 4 is 5.97 Å². The number of aliphatic hydroxyl groups excluding tert-OH is 1. The number of benzene rings is 1. The summed E-state index contributed by atoms with van der Waals surface area (Å²) in [5.41, 5.74) is 3.01. The highest BCUT2D eigenvalue weighted by atomic mass is 16.5. The first-order chi connectivity index (χ1) is 8.99. The quantitative estimate of drug-likeness (QED) is 0.804. The van der Waals surface area contributed by atoms with Gasteiger partial charge in [-0.1, -0.05) is 0 Å². The summed E-state index contributed by atoms with van der Waals surface area (Å²) in [4.78, 5) is 11.0. The first-order valence-corrected chi connectivity index (χ1v) is 6.39. The number of methoxy groups -OCH3 is 2. The summed E-state index contributed by atoms with van der Waals surface area (Å²) in [6.45, 7) is 4.00. The summed E-state index contributed by atoms with van der Waals surface area (Å²) < 4.78 is 9.87. The van der Waals surface area contributed by atoms with Gasteiger partial charge in [0.25, 0.3) is 0 Å². The Balaban J connectivity index is 2.73. The van der Waals surface area contributed by atoms with Gasteiger partial charge >= 0.3 is 5.97 Å². The van der Waals surface area contributed by atoms with Gasteiger partial charge in [-0.05, 0) is 49.9 Å². The first kappa shape index (κ1) is 15.5. The number of ether oxygens (including phenoxy) is 2. The van der Waals surface area contributed by atoms with Crippen molar-refractivity contribution < 1.29 is 19.4 Å². The fraction of sp³-hybridized carbons (Fsp3) is 0.533. The van der Waals surface area contributed by atoms with E-state index >= 15 is 0 Å². The van der Waals surface area contributed by atoms with Crippen molar-refractivity contribution in [2.75, 3.05) is 14.2 Å². The molecule has 1 atom stereocenters. The Bertz CT molecular complexity index is 440. The second kappa shape index (κ2) is 7.14. The summed E-state index contributed by atoms with van der Waals surface area (Å²) in [5, 5.41) is 10.2. The molecule has 1 unspecified atom stereocenters. The zero-order valence-corrected chi connectivity index (χ0v) is 12.0. The molecule has 19 heavy (non-hydrogen) atoms. The van der Waals surface area contributed by atoms with Crippen LogP contribution in [0.3, 0.4) is 0 Å². The molecule has 0 saturated carbocycles. The third-order valence-electron chi connectivity index (χ3n) is 3.29. The van der Waals surface area contributed by atoms with E-state index in [0.717, 1.165) is 16.7 Å². The van der Waals surface area contributed by atoms with Crippen LogP contribution in [0.2, 0.25) is 0 Å². The SMILES string of the molecule is COC(=O)CCCC(O)c1cc(C)c(C)cc1OC. The maximum Gasteiger partial charge on any atom is 0.305 e. The molecule has 0 amide bonds. The number of carbonyl (C=O) groups excluding carboxylic acids is 1. The smallest absolute Gasteiger partial charge is 0.305 e. The van der Waals surface area contributed by atoms with Crippen molar-refractivity contribution in [3.05, 3.63) is 28.8 Å². The maximum atomic E-state index is 11.0. The molecule has 0 fully saturated rings. The van der Waals surface area contributed by atoms with Crippen LogP contribution in [0.25, 0.3) is 0 Å². The molecule has 1 N–H and O–H groups in total. The zero-order chi connectivity index (χ0) is 14.4. The molecule has 1 aromatic carbocycles. The Hall–Kier alpha value is -1.55. The Morgan fingerprint density at radius 1 is 1.26 bits per heavy atom. The van der Waals surface area contributed by atoms with Crippen molar-refractivity contribution in [2.45, 2.75) is 39.2 Å². The largest absolute Gasteiger partial charge is 0.496 e. The molecule has 0 heterocycles. The van der Waals surface area contributed by atoms with Crippen molar-refractivity contribution in [1.82, 2.24) is 0 Å². The molecule has 0 aliphatic heterocycles. The third kappa shape index (κ3) is 4.24. The highest BCUT2D eigenvalue weighted by Crippen LogP contribution is 2.31. The summed E-state index contributed by atoms with van der Waals surface area (Å²) in [6, 6.07) is 3.87. The minimum Gasteiger partial charge on any atom is -0.496 e. The summed E-state index contributed by atoms with van der Waals surface area (Å²) in [6.07, 6.45) is 0.789. The molecule has 106 valence electrons. The lowest BCUT2D eigenvalue weighted by Gasteiger charge is -2.16. The van der Waals surface area contributed by atoms with E-state index in [4.69, 9.17) is 4.74 Å². The molecule has 0 radical (unpaired) electrons. The lowest BCUT2D eigenvalue weighted by molar-refractivity contribution is -0.140. The average molecular weight is 266 g/mol. The van der Waals surface area contributed by atoms with Gasteiger partial charge in [0.2, 0.25) is 0 Å². The van der Waals surface area contributed by atoms with Crippen LogP contribution >= 0.6 is 0 Å². The Labute approximate surface area is 114 Å². The number of carbonyl (C=O) groups is 1. The van der Waals surface area contributed by atoms with E-state index < -0.39 is 6.10 Å². The highest BCUT2D eigenvalue weighted by molar-refractivity contribution is 5.69. The zero-order valence-electron chi connectivity index (χ0n) is 12.0. The Morgan fingerprint density at radius 2 is 1.89 bits per heavy atom. The van der Waals surface area contributed by atoms with Gasteiger partial charge in [-0.25, -0.2) is 0 Å². The predicted molar refractivity (Wildman–Crippen MR) is 73.3 cm³/mol. The number of aryl methyl sites for hydroxylation is 2. The van der Waals surface area contributed by atoms with E-state index in [-0.39, 0.29) is 5.97 Å². The number of aliphatic hydroxyl groups is 1. The van der Waals surface area contributed by atoms with Gasteiger partial charge in [-0.15, -0.1) is 0 Å². The van der Waals surface area contributed by atoms with Crippen LogP contribution in [0, 0.1) is 13.8 Å². The fourth-order valence-corrected chi connectivity index (χ4v) is 1.95. The monoisotopic (exact) mass is 266 g/mol. The number of hydrogen-bond donors (Lipinski definition) is 1. The van der Waals surface area contributed by atoms with Crippen LogP contribution in [0.15, 0.2) is 12.1 Å². The number of hydrogen-bond acceptors (Lipinski definition) is 4. The Morgan fingerprint density at radius 3 is 2.47 bits per heavy atom. The number of esters is 1. The van der Waals surface area contributed by atoms with Gasteiger partial charge in [0.1, 0.15) is 5.75 Å². The third-order valence-corrected chi connectivity index (χ3v) is 3.29. The standard InChI is InChI=1S/C15H22O4/c1-10-8-12(14(18-3)9-11(10)2)13(16)6-5-7-15(17)19-4/h8-9,13,16H,5-7H2,1-4H3. The van der Waals surface area contributed by atoms with Crippen LogP contribution in [0.5, 0.6) is 5.75 Å². The molecule has 0 bridgehead atoms. The minimum atomic E-state index is -0.626. The van der Waals surface area contributed by atoms with E-state index in [9.17, 15) is 9.90 Å². The van der Waals surface area contributed by atoms with Gasteiger partial charge in [-0.2, -0.15) is 0 Å². The van der Waals surface area contributed by atoms with Gasteiger partial charge in [0, 0.05) is 12.0 Å². The van der Waals surface area contributed by atoms with Crippen LogP contribution < -0.4 is 4.74 Å². The van der Waals surface area contributed by atoms with E-state index in [1.54, 1.807) is 7.11 Å². The molecule has 0 aromatic heterocycles. The molecule has 0 spiro atoms. The van der Waals surface area contributed by atoms with E-state index in [2.05, 4.69) is 4.74 Å². The summed E-state index contributed by atoms with van der Waals surface area (Å²) >= 11 is 0. The van der Waals surface area contributed by atoms with E-state index in [1.807, 2.05) is 26.0 Å². The van der Waals surface area contributed by atoms with Crippen LogP contribution in [-0.4, -0.2) is 25.3 Å². The predicted octanol–water partition coefficient (Wildman–Crippen LogP) is 2.69. The lowest BCUT2D eigenvalue weighted by Crippen LogP contribution is -2.05. The van der Waals surface area contributed by atoms with Gasteiger partial charge in [-0.3, -0.25) is 4.79 Å². The normalized spacial score (nSPS) is 12.1. The van der Waals surface area contributed by atoms with E-state index in [1.165, 1.54) is 7.11 Å². The summed E-state index contributed by atoms with van der Waals surface area (Å²) in [5.74, 6) is 0.438. The van der Waals surface area contributed by atoms with Crippen molar-refractivity contribution in [1.29, 1.82) is 0 Å². The molecular formula is C15H22O4. The van der Waals surface area contributed by atoms with Crippen molar-refractivity contribution in [2.24, 2.45) is 0 Å². The van der Waals surface area contributed by atoms with Gasteiger partial charge < -0.3 is 14.6 Å². The molecule has 4 heteroatoms. The molecule has 1 aromatic rings. The van der Waals surface area contributed by atoms with Crippen molar-refractivity contribution in [3.8, 4) is 5.75 Å². The van der Waals surface area contributed by atoms with Gasteiger partial charge in [0.05, 0.1) is 20.3 Å². The van der Waals surface area contributed by atoms with Crippen LogP contribution in [0.4, 0.5) is 0 Å². The molecule has 1 rings (SSSR count). The highest BCUT2D eigenvalue weighted by Gasteiger charge is 2.15. The fourth-order valence-electron chi connectivity index (χ4n) is 1.95. The van der Waals surface area contributed by atoms with Crippen molar-refractivity contribution in [3.63, 3.8) is 0 Å². The maximum absolute atomic E-state index is 11.0. The topological polar surface area (TPSA) is 55.8 Å².